The maximum absolute atomic E-state index is 12.6. The molecule has 0 bridgehead atoms. The lowest BCUT2D eigenvalue weighted by Crippen LogP contribution is -2.05. The Morgan fingerprint density at radius 3 is 2.70 bits per heavy atom. The van der Waals surface area contributed by atoms with E-state index in [9.17, 15) is 9.59 Å². The molecule has 0 unspecified atom stereocenters. The number of fused-ring (bicyclic) bond motifs is 1. The quantitative estimate of drug-likeness (QED) is 0.602. The first kappa shape index (κ1) is 18.3. The summed E-state index contributed by atoms with van der Waals surface area (Å²) in [7, 11) is 1.55. The van der Waals surface area contributed by atoms with Crippen molar-refractivity contribution in [3.8, 4) is 23.0 Å². The second-order valence-electron chi connectivity index (χ2n) is 5.71. The summed E-state index contributed by atoms with van der Waals surface area (Å²) in [5.41, 5.74) is 0.0465. The second-order valence-corrected chi connectivity index (χ2v) is 5.71. The van der Waals surface area contributed by atoms with E-state index >= 15 is 0 Å². The average Bonchev–Trinajstić information content (AvgIpc) is 2.67. The van der Waals surface area contributed by atoms with Crippen molar-refractivity contribution >= 4 is 16.9 Å². The summed E-state index contributed by atoms with van der Waals surface area (Å²) in [6, 6.07) is 11.7. The molecule has 0 amide bonds. The zero-order valence-electron chi connectivity index (χ0n) is 14.6. The summed E-state index contributed by atoms with van der Waals surface area (Å²) in [6.45, 7) is 0.263. The van der Waals surface area contributed by atoms with Crippen molar-refractivity contribution < 1.29 is 28.5 Å². The van der Waals surface area contributed by atoms with E-state index in [0.29, 0.717) is 34.6 Å². The third-order valence-corrected chi connectivity index (χ3v) is 3.79. The number of carboxylic acids is 1. The molecular formula is C20H18O7. The van der Waals surface area contributed by atoms with E-state index in [-0.39, 0.29) is 24.2 Å². The molecule has 0 aliphatic heterocycles. The lowest BCUT2D eigenvalue weighted by molar-refractivity contribution is -0.137. The summed E-state index contributed by atoms with van der Waals surface area (Å²) >= 11 is 0. The monoisotopic (exact) mass is 370 g/mol. The average molecular weight is 370 g/mol. The lowest BCUT2D eigenvalue weighted by Gasteiger charge is -2.08. The minimum atomic E-state index is -0.869. The van der Waals surface area contributed by atoms with Crippen LogP contribution in [0.3, 0.4) is 0 Å². The largest absolute Gasteiger partial charge is 0.497 e. The highest BCUT2D eigenvalue weighted by Gasteiger charge is 2.11. The summed E-state index contributed by atoms with van der Waals surface area (Å²) in [5.74, 6) is 0.761. The van der Waals surface area contributed by atoms with Crippen LogP contribution in [-0.4, -0.2) is 24.8 Å². The van der Waals surface area contributed by atoms with Crippen LogP contribution >= 0.6 is 0 Å². The molecule has 27 heavy (non-hydrogen) atoms. The number of rotatable bonds is 8. The standard InChI is InChI=1S/C20H18O7/c1-24-13-4-2-5-15(10-13)27-18-12-26-17-11-14(7-8-16(17)20(18)23)25-9-3-6-19(21)22/h2,4-5,7-8,10-12H,3,6,9H2,1H3,(H,21,22). The normalized spacial score (nSPS) is 10.6. The van der Waals surface area contributed by atoms with E-state index in [4.69, 9.17) is 23.7 Å². The van der Waals surface area contributed by atoms with Crippen molar-refractivity contribution in [2.24, 2.45) is 0 Å². The van der Waals surface area contributed by atoms with Crippen LogP contribution in [-0.2, 0) is 4.79 Å². The van der Waals surface area contributed by atoms with Gasteiger partial charge in [-0.05, 0) is 30.7 Å². The molecule has 140 valence electrons. The number of benzene rings is 2. The van der Waals surface area contributed by atoms with Gasteiger partial charge < -0.3 is 23.7 Å². The van der Waals surface area contributed by atoms with Crippen LogP contribution in [0.1, 0.15) is 12.8 Å². The van der Waals surface area contributed by atoms with Crippen molar-refractivity contribution in [2.45, 2.75) is 12.8 Å². The molecule has 0 atom stereocenters. The zero-order valence-corrected chi connectivity index (χ0v) is 14.6. The van der Waals surface area contributed by atoms with Crippen LogP contribution in [0.4, 0.5) is 0 Å². The van der Waals surface area contributed by atoms with Gasteiger partial charge in [0.2, 0.25) is 11.2 Å². The van der Waals surface area contributed by atoms with Gasteiger partial charge in [0.05, 0.1) is 19.1 Å². The number of ether oxygens (including phenoxy) is 3. The van der Waals surface area contributed by atoms with Crippen molar-refractivity contribution in [3.05, 3.63) is 59.0 Å². The molecule has 0 spiro atoms. The van der Waals surface area contributed by atoms with Crippen LogP contribution in [0.2, 0.25) is 0 Å². The maximum atomic E-state index is 12.6. The third-order valence-electron chi connectivity index (χ3n) is 3.79. The molecule has 0 saturated carbocycles. The molecule has 0 radical (unpaired) electrons. The Morgan fingerprint density at radius 1 is 1.11 bits per heavy atom. The highest BCUT2D eigenvalue weighted by Crippen LogP contribution is 2.26. The molecular weight excluding hydrogens is 352 g/mol. The van der Waals surface area contributed by atoms with Gasteiger partial charge in [0, 0.05) is 18.6 Å². The molecule has 3 rings (SSSR count). The Balaban J connectivity index is 1.77. The number of carbonyl (C=O) groups is 1. The fraction of sp³-hybridized carbons (Fsp3) is 0.200. The van der Waals surface area contributed by atoms with Crippen LogP contribution in [0.5, 0.6) is 23.0 Å². The summed E-state index contributed by atoms with van der Waals surface area (Å²) in [4.78, 5) is 23.1. The summed E-state index contributed by atoms with van der Waals surface area (Å²) in [5, 5.41) is 8.97. The summed E-state index contributed by atoms with van der Waals surface area (Å²) < 4.78 is 21.7. The van der Waals surface area contributed by atoms with Gasteiger partial charge in [-0.1, -0.05) is 6.07 Å². The number of hydrogen-bond acceptors (Lipinski definition) is 6. The number of aliphatic carboxylic acids is 1. The molecule has 1 N–H and O–H groups in total. The Kier molecular flexibility index (Phi) is 5.61. The van der Waals surface area contributed by atoms with Gasteiger partial charge in [0.25, 0.3) is 0 Å². The van der Waals surface area contributed by atoms with E-state index in [1.165, 1.54) is 6.26 Å². The fourth-order valence-corrected chi connectivity index (χ4v) is 2.46. The van der Waals surface area contributed by atoms with E-state index < -0.39 is 5.97 Å². The molecule has 0 aliphatic rings. The first-order chi connectivity index (χ1) is 13.1. The van der Waals surface area contributed by atoms with Crippen molar-refractivity contribution in [1.29, 1.82) is 0 Å². The van der Waals surface area contributed by atoms with Gasteiger partial charge in [-0.25, -0.2) is 0 Å². The van der Waals surface area contributed by atoms with Crippen LogP contribution in [0, 0.1) is 0 Å². The SMILES string of the molecule is COc1cccc(Oc2coc3cc(OCCCC(=O)O)ccc3c2=O)c1. The van der Waals surface area contributed by atoms with Crippen molar-refractivity contribution in [1.82, 2.24) is 0 Å². The molecule has 0 aliphatic carbocycles. The van der Waals surface area contributed by atoms with E-state index in [1.54, 1.807) is 49.6 Å². The van der Waals surface area contributed by atoms with Crippen LogP contribution < -0.4 is 19.6 Å². The highest BCUT2D eigenvalue weighted by atomic mass is 16.5. The van der Waals surface area contributed by atoms with Crippen LogP contribution in [0.25, 0.3) is 11.0 Å². The second kappa shape index (κ2) is 8.27. The number of carboxylic acid groups (broad SMARTS) is 1. The van der Waals surface area contributed by atoms with Crippen molar-refractivity contribution in [3.63, 3.8) is 0 Å². The van der Waals surface area contributed by atoms with Gasteiger partial charge >= 0.3 is 5.97 Å². The molecule has 3 aromatic rings. The zero-order chi connectivity index (χ0) is 19.2. The first-order valence-electron chi connectivity index (χ1n) is 8.29. The predicted octanol–water partition coefficient (Wildman–Crippen LogP) is 3.84. The highest BCUT2D eigenvalue weighted by molar-refractivity contribution is 5.79. The Bertz CT molecular complexity index is 1010. The molecule has 2 aromatic carbocycles. The predicted molar refractivity (Wildman–Crippen MR) is 97.9 cm³/mol. The Labute approximate surface area is 154 Å². The maximum Gasteiger partial charge on any atom is 0.303 e. The third kappa shape index (κ3) is 4.58. The first-order valence-corrected chi connectivity index (χ1v) is 8.29. The number of methoxy groups -OCH3 is 1. The molecule has 1 aromatic heterocycles. The van der Waals surface area contributed by atoms with Crippen LogP contribution in [0.15, 0.2) is 57.9 Å². The molecule has 0 fully saturated rings. The van der Waals surface area contributed by atoms with E-state index in [0.717, 1.165) is 0 Å². The van der Waals surface area contributed by atoms with Gasteiger partial charge in [-0.2, -0.15) is 0 Å². The molecule has 7 nitrogen and oxygen atoms in total. The molecule has 1 heterocycles. The van der Waals surface area contributed by atoms with Gasteiger partial charge in [0.1, 0.15) is 29.1 Å². The Morgan fingerprint density at radius 2 is 1.93 bits per heavy atom. The molecule has 7 heteroatoms. The van der Waals surface area contributed by atoms with E-state index in [2.05, 4.69) is 0 Å². The van der Waals surface area contributed by atoms with Gasteiger partial charge in [-0.15, -0.1) is 0 Å². The van der Waals surface area contributed by atoms with Gasteiger partial charge in [-0.3, -0.25) is 9.59 Å². The fourth-order valence-electron chi connectivity index (χ4n) is 2.46. The van der Waals surface area contributed by atoms with Crippen molar-refractivity contribution in [2.75, 3.05) is 13.7 Å². The smallest absolute Gasteiger partial charge is 0.303 e. The minimum absolute atomic E-state index is 0.0354. The summed E-state index contributed by atoms with van der Waals surface area (Å²) in [6.07, 6.45) is 1.68. The Hall–Kier alpha value is -3.48. The topological polar surface area (TPSA) is 95.2 Å². The lowest BCUT2D eigenvalue weighted by atomic mass is 10.2. The molecule has 0 saturated heterocycles. The minimum Gasteiger partial charge on any atom is -0.497 e. The number of hydrogen-bond donors (Lipinski definition) is 1. The van der Waals surface area contributed by atoms with Gasteiger partial charge in [0.15, 0.2) is 0 Å². The van der Waals surface area contributed by atoms with E-state index in [1.807, 2.05) is 0 Å².